The molecule has 0 spiro atoms. The number of aromatic nitrogens is 1. The smallest absolute Gasteiger partial charge is 0.257 e. The van der Waals surface area contributed by atoms with Crippen LogP contribution < -0.4 is 69.5 Å². The molecule has 43 heteroatoms. The predicted molar refractivity (Wildman–Crippen MR) is 532 cm³/mol. The quantitative estimate of drug-likeness (QED) is 0.0321. The van der Waals surface area contributed by atoms with Crippen LogP contribution >= 0.6 is 0 Å². The minimum atomic E-state index is -0.690. The van der Waals surface area contributed by atoms with Crippen molar-refractivity contribution >= 4 is 164 Å². The fourth-order valence-electron chi connectivity index (χ4n) is 19.4. The van der Waals surface area contributed by atoms with Crippen LogP contribution in [0.5, 0.6) is 0 Å². The number of fused-ring (bicyclic) bond motifs is 6. The molecular formula is C106H106N20O23. The average molecular weight is 2030 g/mol. The average Bonchev–Trinajstić information content (AvgIpc) is 1.64. The lowest BCUT2D eigenvalue weighted by atomic mass is 10.0. The number of imide groups is 6. The van der Waals surface area contributed by atoms with Gasteiger partial charge in [-0.2, -0.15) is 0 Å². The van der Waals surface area contributed by atoms with E-state index < -0.39 is 65.8 Å². The number of pyridine rings is 1. The van der Waals surface area contributed by atoms with E-state index in [9.17, 15) is 105 Å². The molecule has 12 aliphatic rings. The molecule has 6 saturated heterocycles. The number of anilines is 6. The van der Waals surface area contributed by atoms with Crippen molar-refractivity contribution in [3.63, 3.8) is 0 Å². The van der Waals surface area contributed by atoms with Crippen LogP contribution in [-0.4, -0.2) is 207 Å². The largest absolute Gasteiger partial charge is 0.467 e. The van der Waals surface area contributed by atoms with Crippen LogP contribution in [0.2, 0.25) is 0 Å². The zero-order chi connectivity index (χ0) is 106. The number of nitrogens with one attached hydrogen (secondary N) is 12. The van der Waals surface area contributed by atoms with Crippen LogP contribution in [0.25, 0.3) is 0 Å². The van der Waals surface area contributed by atoms with Crippen molar-refractivity contribution in [2.24, 2.45) is 5.73 Å². The minimum absolute atomic E-state index is 0.0813. The highest BCUT2D eigenvalue weighted by atomic mass is 16.3. The van der Waals surface area contributed by atoms with Crippen molar-refractivity contribution in [3.8, 4) is 0 Å². The summed E-state index contributed by atoms with van der Waals surface area (Å²) in [5.74, 6) is -5.93. The lowest BCUT2D eigenvalue weighted by Crippen LogP contribution is -2.52. The summed E-state index contributed by atoms with van der Waals surface area (Å²) in [6.45, 7) is 6.41. The van der Waals surface area contributed by atoms with Crippen molar-refractivity contribution < 1.29 is 110 Å². The van der Waals surface area contributed by atoms with Gasteiger partial charge in [0.15, 0.2) is 0 Å². The summed E-state index contributed by atoms with van der Waals surface area (Å²) < 4.78 is 5.31. The van der Waals surface area contributed by atoms with Gasteiger partial charge in [-0.15, -0.1) is 0 Å². The first-order chi connectivity index (χ1) is 71.8. The van der Waals surface area contributed by atoms with E-state index in [2.05, 4.69) is 68.8 Å². The number of amides is 22. The molecule has 12 aliphatic heterocycles. The SMILES string of the molecule is CCC(=O)Nc1cccc2c1CN(C1CCC(=O)NC1=O)C2=O.CCCCC(=O)Nc1cccc2c1CN(C1CCC(=O)NC1=O)C2=O.NCC(=O)Nc1cccc2c1CN(C1CCC(=O)NC1=O)C2=O.O=C1CCC(N2Cc3c(NC(=O)c4cccnc4)cccc3C2=O)C(=O)N1.O=C1CCC(N2Cc3c(NCc4ccccc4)cccc3C2=O)C(=O)N1.O=C1CCC(N2Cc3c(NCc4ccco4)cccc3C2=O)C(=O)N1. The summed E-state index contributed by atoms with van der Waals surface area (Å²) in [5, 5.41) is 31.5. The molecular weight excluding hydrogens is 1920 g/mol. The Balaban J connectivity index is 0.000000128. The Kier molecular flexibility index (Phi) is 32.4. The Labute approximate surface area is 851 Å². The first-order valence-corrected chi connectivity index (χ1v) is 48.8. The Hall–Kier alpha value is -17.9. The van der Waals surface area contributed by atoms with Crippen molar-refractivity contribution in [2.75, 3.05) is 38.4 Å². The molecule has 14 heterocycles. The molecule has 43 nitrogen and oxygen atoms in total. The second-order valence-corrected chi connectivity index (χ2v) is 36.7. The van der Waals surface area contributed by atoms with Gasteiger partial charge in [0.25, 0.3) is 41.4 Å². The van der Waals surface area contributed by atoms with Gasteiger partial charge < -0.3 is 71.5 Å². The number of carbonyl (C=O) groups excluding carboxylic acids is 22. The van der Waals surface area contributed by atoms with Gasteiger partial charge in [0.05, 0.1) is 24.9 Å². The van der Waals surface area contributed by atoms with Crippen LogP contribution in [-0.2, 0) is 124 Å². The van der Waals surface area contributed by atoms with Crippen molar-refractivity contribution in [1.29, 1.82) is 0 Å². The molecule has 7 aromatic carbocycles. The summed E-state index contributed by atoms with van der Waals surface area (Å²) in [4.78, 5) is 277. The molecule has 6 fully saturated rings. The highest BCUT2D eigenvalue weighted by molar-refractivity contribution is 6.14. The number of nitrogens with two attached hydrogens (primary N) is 1. The maximum Gasteiger partial charge on any atom is 0.257 e. The van der Waals surface area contributed by atoms with E-state index in [4.69, 9.17) is 10.2 Å². The second-order valence-electron chi connectivity index (χ2n) is 36.7. The Morgan fingerprint density at radius 2 is 0.638 bits per heavy atom. The third-order valence-corrected chi connectivity index (χ3v) is 27.1. The lowest BCUT2D eigenvalue weighted by Gasteiger charge is -2.29. The Morgan fingerprint density at radius 3 is 0.926 bits per heavy atom. The minimum Gasteiger partial charge on any atom is -0.467 e. The van der Waals surface area contributed by atoms with E-state index in [1.807, 2.05) is 73.7 Å². The molecule has 0 saturated carbocycles. The third kappa shape index (κ3) is 23.5. The molecule has 0 aliphatic carbocycles. The molecule has 6 atom stereocenters. The summed E-state index contributed by atoms with van der Waals surface area (Å²) >= 11 is 0. The second kappa shape index (κ2) is 46.4. The number of nitrogens with zero attached hydrogens (tertiary/aromatic N) is 7. The number of unbranched alkanes of at least 4 members (excludes halogenated alkanes) is 1. The van der Waals surface area contributed by atoms with Crippen LogP contribution in [0, 0.1) is 0 Å². The van der Waals surface area contributed by atoms with Gasteiger partial charge in [0.2, 0.25) is 88.6 Å². The number of hydrogen-bond donors (Lipinski definition) is 13. The van der Waals surface area contributed by atoms with Crippen LogP contribution in [0.3, 0.4) is 0 Å². The Bertz CT molecular complexity index is 6830. The molecule has 14 N–H and O–H groups in total. The van der Waals surface area contributed by atoms with E-state index in [0.29, 0.717) is 156 Å². The Morgan fingerprint density at radius 1 is 0.336 bits per heavy atom. The third-order valence-electron chi connectivity index (χ3n) is 27.1. The normalized spacial score (nSPS) is 19.7. The van der Waals surface area contributed by atoms with Gasteiger partial charge in [-0.1, -0.05) is 87.0 Å². The standard InChI is InChI=1S/C20H19N3O3.C19H16N4O4.C18H17N3O4.C18H21N3O4.C16H17N3O4.C15H16N4O4/c24-18-10-9-17(19(25)22-18)23-12-15-14(20(23)26)7-4-8-16(15)21-11-13-5-2-1-3-6-13;24-16-7-6-15(18(26)22-16)23-10-13-12(19(23)27)4-1-5-14(13)21-17(25)11-3-2-8-20-9-11;22-16-7-6-15(17(23)20-16)21-10-13-12(18(21)24)4-1-5-14(13)19-9-11-3-2-8-25-11;1-2-3-7-15(22)19-13-6-4-5-11-12(13)10-21(18(11)25)14-8-9-16(23)20-17(14)24;1-2-13(20)17-11-5-3-4-9-10(11)8-19(16(9)23)12-6-7-14(21)18-15(12)22;16-6-13(21)17-10-3-1-2-8-9(10)7-19(15(8)23)11-4-5-12(20)18-14(11)22/h1-8,17,21H,9-12H2,(H,22,24,25);1-5,8-9,15H,6-7,10H2,(H,21,25)(H,22,24,26);1-5,8,15,19H,6-7,9-10H2,(H,20,22,23);4-6,14H,2-3,7-10H2,1H3,(H,19,22)(H,20,23,24);3-5,12H,2,6-8H2,1H3,(H,17,20)(H,18,21,22);1-3,11H,4-7,16H2,(H,17,21)(H,18,20,22). The van der Waals surface area contributed by atoms with Crippen LogP contribution in [0.4, 0.5) is 34.1 Å². The van der Waals surface area contributed by atoms with E-state index in [-0.39, 0.29) is 172 Å². The summed E-state index contributed by atoms with van der Waals surface area (Å²) in [6, 6.07) is 44.6. The topological polar surface area (TPSA) is 591 Å². The van der Waals surface area contributed by atoms with Crippen LogP contribution in [0.1, 0.15) is 234 Å². The van der Waals surface area contributed by atoms with Crippen molar-refractivity contribution in [1.82, 2.24) is 66.3 Å². The number of benzene rings is 7. The molecule has 768 valence electrons. The molecule has 2 aromatic heterocycles. The summed E-state index contributed by atoms with van der Waals surface area (Å²) in [7, 11) is 0. The molecule has 9 aromatic rings. The van der Waals surface area contributed by atoms with Gasteiger partial charge in [-0.3, -0.25) is 142 Å². The number of carbonyl (C=O) groups is 22. The zero-order valence-electron chi connectivity index (χ0n) is 81.1. The van der Waals surface area contributed by atoms with Gasteiger partial charge in [0.1, 0.15) is 42.0 Å². The number of hydrogen-bond acceptors (Lipinski definition) is 27. The highest BCUT2D eigenvalue weighted by Gasteiger charge is 2.48. The molecule has 22 amide bonds. The molecule has 0 radical (unpaired) electrons. The monoisotopic (exact) mass is 2030 g/mol. The van der Waals surface area contributed by atoms with Crippen molar-refractivity contribution in [3.05, 3.63) is 266 Å². The predicted octanol–water partition coefficient (Wildman–Crippen LogP) is 6.52. The molecule has 6 unspecified atom stereocenters. The van der Waals surface area contributed by atoms with E-state index in [1.54, 1.807) is 126 Å². The van der Waals surface area contributed by atoms with Gasteiger partial charge in [0, 0.05) is 210 Å². The molecule has 149 heavy (non-hydrogen) atoms. The van der Waals surface area contributed by atoms with Crippen LogP contribution in [0.15, 0.2) is 187 Å². The van der Waals surface area contributed by atoms with E-state index in [1.165, 1.54) is 25.8 Å². The van der Waals surface area contributed by atoms with E-state index in [0.717, 1.165) is 52.2 Å². The molecule has 0 bridgehead atoms. The summed E-state index contributed by atoms with van der Waals surface area (Å²) in [5.41, 5.74) is 18.4. The first-order valence-electron chi connectivity index (χ1n) is 48.8. The van der Waals surface area contributed by atoms with E-state index >= 15 is 0 Å². The highest BCUT2D eigenvalue weighted by Crippen LogP contribution is 2.41. The maximum absolute atomic E-state index is 12.8. The molecule has 21 rings (SSSR count). The van der Waals surface area contributed by atoms with Gasteiger partial charge in [-0.25, -0.2) is 0 Å². The fraction of sp³-hybridized carbons (Fsp3) is 0.311. The summed E-state index contributed by atoms with van der Waals surface area (Å²) in [6.07, 6.45) is 10.5. The number of furan rings is 1. The van der Waals surface area contributed by atoms with Crippen molar-refractivity contribution in [2.45, 2.75) is 205 Å². The number of piperidine rings is 6. The number of rotatable bonds is 22. The van der Waals surface area contributed by atoms with Gasteiger partial charge >= 0.3 is 0 Å². The zero-order valence-corrected chi connectivity index (χ0v) is 81.1. The lowest BCUT2D eigenvalue weighted by molar-refractivity contribution is -0.138. The fourth-order valence-corrected chi connectivity index (χ4v) is 19.4. The van der Waals surface area contributed by atoms with Gasteiger partial charge in [-0.05, 0) is 148 Å². The maximum atomic E-state index is 12.8. The first kappa shape index (κ1) is 104.